The van der Waals surface area contributed by atoms with E-state index in [1.54, 1.807) is 21.3 Å². The molecule has 1 fully saturated rings. The fourth-order valence-electron chi connectivity index (χ4n) is 4.67. The largest absolute Gasteiger partial charge is 0.497 e. The lowest BCUT2D eigenvalue weighted by Crippen LogP contribution is -2.62. The molecule has 4 nitrogen and oxygen atoms in total. The summed E-state index contributed by atoms with van der Waals surface area (Å²) < 4.78 is 17.2. The van der Waals surface area contributed by atoms with Gasteiger partial charge in [0, 0.05) is 29.4 Å². The molecule has 1 aliphatic heterocycles. The zero-order chi connectivity index (χ0) is 20.1. The molecule has 1 saturated heterocycles. The van der Waals surface area contributed by atoms with Gasteiger partial charge in [-0.2, -0.15) is 0 Å². The van der Waals surface area contributed by atoms with Gasteiger partial charge < -0.3 is 19.5 Å². The third-order valence-electron chi connectivity index (χ3n) is 5.93. The minimum Gasteiger partial charge on any atom is -0.497 e. The van der Waals surface area contributed by atoms with Crippen molar-refractivity contribution in [3.63, 3.8) is 0 Å². The lowest BCUT2D eigenvalue weighted by molar-refractivity contribution is 0.378. The van der Waals surface area contributed by atoms with Gasteiger partial charge in [0.2, 0.25) is 0 Å². The highest BCUT2D eigenvalue weighted by Crippen LogP contribution is 2.36. The third kappa shape index (κ3) is 4.05. The van der Waals surface area contributed by atoms with Gasteiger partial charge in [0.25, 0.3) is 0 Å². The van der Waals surface area contributed by atoms with Crippen LogP contribution < -0.4 is 29.9 Å². The van der Waals surface area contributed by atoms with Gasteiger partial charge in [0.05, 0.1) is 21.3 Å². The molecule has 2 aromatic carbocycles. The average molecular weight is 400 g/mol. The van der Waals surface area contributed by atoms with E-state index in [4.69, 9.17) is 14.2 Å². The van der Waals surface area contributed by atoms with Gasteiger partial charge in [-0.1, -0.05) is 49.4 Å². The molecule has 0 radical (unpaired) electrons. The molecule has 0 unspecified atom stereocenters. The second-order valence-electron chi connectivity index (χ2n) is 7.95. The zero-order valence-corrected chi connectivity index (χ0v) is 18.7. The van der Waals surface area contributed by atoms with E-state index in [-0.39, 0.29) is 0 Å². The van der Waals surface area contributed by atoms with Crippen molar-refractivity contribution >= 4 is 18.4 Å². The van der Waals surface area contributed by atoms with Crippen molar-refractivity contribution in [3.8, 4) is 17.2 Å². The summed E-state index contributed by atoms with van der Waals surface area (Å²) in [4.78, 5) is 0. The third-order valence-corrected chi connectivity index (χ3v) is 11.1. The van der Waals surface area contributed by atoms with Gasteiger partial charge in [-0.05, 0) is 24.9 Å². The predicted molar refractivity (Wildman–Crippen MR) is 118 cm³/mol. The number of rotatable bonds is 7. The highest BCUT2D eigenvalue weighted by Gasteiger charge is 2.45. The molecule has 0 saturated carbocycles. The fraction of sp³-hybridized carbons (Fsp3) is 0.478. The molecule has 0 atom stereocenters. The van der Waals surface area contributed by atoms with Crippen molar-refractivity contribution in [2.75, 3.05) is 21.3 Å². The van der Waals surface area contributed by atoms with Crippen molar-refractivity contribution in [3.05, 3.63) is 42.5 Å². The number of nitrogens with one attached hydrogen (secondary N) is 1. The minimum absolute atomic E-state index is 0.515. The molecule has 152 valence electrons. The molecule has 0 bridgehead atoms. The molecule has 0 amide bonds. The first-order chi connectivity index (χ1) is 13.5. The van der Waals surface area contributed by atoms with E-state index in [9.17, 15) is 0 Å². The Morgan fingerprint density at radius 2 is 1.46 bits per heavy atom. The number of ether oxygens (including phenoxy) is 3. The van der Waals surface area contributed by atoms with Crippen molar-refractivity contribution in [2.24, 2.45) is 0 Å². The molecule has 0 spiro atoms. The second kappa shape index (κ2) is 9.01. The Bertz CT molecular complexity index is 746. The van der Waals surface area contributed by atoms with Crippen molar-refractivity contribution in [1.82, 2.24) is 5.32 Å². The topological polar surface area (TPSA) is 39.7 Å². The number of hydrogen-bond acceptors (Lipinski definition) is 4. The summed E-state index contributed by atoms with van der Waals surface area (Å²) in [5, 5.41) is 6.47. The zero-order valence-electron chi connectivity index (χ0n) is 17.7. The van der Waals surface area contributed by atoms with Gasteiger partial charge in [0.1, 0.15) is 25.3 Å². The Balaban J connectivity index is 2.12. The molecule has 2 aromatic rings. The molecule has 1 aliphatic rings. The van der Waals surface area contributed by atoms with Crippen molar-refractivity contribution < 1.29 is 14.2 Å². The van der Waals surface area contributed by atoms with Crippen LogP contribution in [0.4, 0.5) is 0 Å². The molecule has 1 heterocycles. The first-order valence-corrected chi connectivity index (χ1v) is 12.6. The first kappa shape index (κ1) is 20.7. The lowest BCUT2D eigenvalue weighted by atomic mass is 10.1. The van der Waals surface area contributed by atoms with Gasteiger partial charge >= 0.3 is 0 Å². The molecular formula is C23H33NO3Si. The summed E-state index contributed by atoms with van der Waals surface area (Å²) in [7, 11) is 3.14. The van der Waals surface area contributed by atoms with Crippen LogP contribution in [0.1, 0.15) is 26.7 Å². The molecular weight excluding hydrogens is 366 g/mol. The maximum atomic E-state index is 5.88. The summed E-state index contributed by atoms with van der Waals surface area (Å²) in [6.07, 6.45) is 2.36. The predicted octanol–water partition coefficient (Wildman–Crippen LogP) is 3.44. The Labute approximate surface area is 170 Å². The van der Waals surface area contributed by atoms with Gasteiger partial charge in [0.15, 0.2) is 0 Å². The van der Waals surface area contributed by atoms with E-state index in [1.807, 2.05) is 12.1 Å². The van der Waals surface area contributed by atoms with Gasteiger partial charge in [-0.25, -0.2) is 0 Å². The monoisotopic (exact) mass is 399 g/mol. The van der Waals surface area contributed by atoms with Crippen molar-refractivity contribution in [2.45, 2.75) is 50.9 Å². The van der Waals surface area contributed by atoms with Gasteiger partial charge in [-0.15, -0.1) is 0 Å². The van der Waals surface area contributed by atoms with Crippen LogP contribution in [0, 0.1) is 0 Å². The molecule has 0 aromatic heterocycles. The quantitative estimate of drug-likeness (QED) is 0.724. The van der Waals surface area contributed by atoms with Crippen LogP contribution in [0.5, 0.6) is 17.2 Å². The number of hydrogen-bond donors (Lipinski definition) is 1. The molecule has 3 rings (SSSR count). The van der Waals surface area contributed by atoms with E-state index < -0.39 is 8.07 Å². The molecule has 5 heteroatoms. The van der Waals surface area contributed by atoms with E-state index in [0.717, 1.165) is 17.2 Å². The maximum Gasteiger partial charge on any atom is 0.127 e. The van der Waals surface area contributed by atoms with Crippen LogP contribution >= 0.6 is 0 Å². The SMILES string of the molecule is COc1cc(OC)c([Si]2(c3ccccc3)CCC(NC(C)C)CC2)c(OC)c1. The smallest absolute Gasteiger partial charge is 0.127 e. The average Bonchev–Trinajstić information content (AvgIpc) is 2.73. The maximum absolute atomic E-state index is 5.88. The molecule has 0 aliphatic carbocycles. The Hall–Kier alpha value is -1.98. The van der Waals surface area contributed by atoms with Crippen molar-refractivity contribution in [1.29, 1.82) is 0 Å². The lowest BCUT2D eigenvalue weighted by Gasteiger charge is -2.41. The summed E-state index contributed by atoms with van der Waals surface area (Å²) in [5.41, 5.74) is 0. The summed E-state index contributed by atoms with van der Waals surface area (Å²) in [5.74, 6) is 2.55. The Kier molecular flexibility index (Phi) is 6.68. The Morgan fingerprint density at radius 3 is 1.93 bits per heavy atom. The van der Waals surface area contributed by atoms with E-state index in [1.165, 1.54) is 35.3 Å². The Morgan fingerprint density at radius 1 is 0.893 bits per heavy atom. The number of methoxy groups -OCH3 is 3. The van der Waals surface area contributed by atoms with Crippen LogP contribution in [0.2, 0.25) is 12.1 Å². The summed E-state index contributed by atoms with van der Waals surface area (Å²) in [6, 6.07) is 18.5. The fourth-order valence-corrected chi connectivity index (χ4v) is 10.1. The minimum atomic E-state index is -2.04. The van der Waals surface area contributed by atoms with E-state index >= 15 is 0 Å². The summed E-state index contributed by atoms with van der Waals surface area (Å²) >= 11 is 0. The van der Waals surface area contributed by atoms with Gasteiger partial charge in [-0.3, -0.25) is 0 Å². The molecule has 1 N–H and O–H groups in total. The molecule has 28 heavy (non-hydrogen) atoms. The van der Waals surface area contributed by atoms with E-state index in [0.29, 0.717) is 12.1 Å². The first-order valence-electron chi connectivity index (χ1n) is 10.2. The number of benzene rings is 2. The normalized spacial score (nSPS) is 22.1. The van der Waals surface area contributed by atoms with E-state index in [2.05, 4.69) is 49.5 Å². The van der Waals surface area contributed by atoms with Crippen LogP contribution in [-0.4, -0.2) is 41.5 Å². The van der Waals surface area contributed by atoms with Crippen LogP contribution in [-0.2, 0) is 0 Å². The highest BCUT2D eigenvalue weighted by atomic mass is 28.3. The van der Waals surface area contributed by atoms with Crippen LogP contribution in [0.15, 0.2) is 42.5 Å². The van der Waals surface area contributed by atoms with Crippen LogP contribution in [0.25, 0.3) is 0 Å². The summed E-state index contributed by atoms with van der Waals surface area (Å²) in [6.45, 7) is 4.46. The van der Waals surface area contributed by atoms with Crippen LogP contribution in [0.3, 0.4) is 0 Å². The standard InChI is InChI=1S/C23H33NO3Si/c1-17(2)24-18-11-13-28(14-12-18,20-9-7-6-8-10-20)23-21(26-4)15-19(25-3)16-22(23)27-5/h6-10,15-18,24H,11-14H2,1-5H3. The second-order valence-corrected chi connectivity index (χ2v) is 12.2. The highest BCUT2D eigenvalue weighted by molar-refractivity contribution is 7.03.